The maximum atomic E-state index is 7.81. The standard InChI is InChI=1S/C13H19NS/c1-9-8-10(13(2,3)4)6-7-11(9)12(14)15-5/h6-8,14H,1-5H3. The smallest absolute Gasteiger partial charge is 0.0942 e. The molecule has 82 valence electrons. The minimum atomic E-state index is 0.185. The molecule has 1 aromatic carbocycles. The summed E-state index contributed by atoms with van der Waals surface area (Å²) in [6.45, 7) is 8.71. The molecular formula is C13H19NS. The van der Waals surface area contributed by atoms with E-state index in [1.807, 2.05) is 6.26 Å². The molecule has 0 aliphatic heterocycles. The maximum absolute atomic E-state index is 7.81. The zero-order valence-corrected chi connectivity index (χ0v) is 11.0. The van der Waals surface area contributed by atoms with Crippen LogP contribution in [0.2, 0.25) is 0 Å². The van der Waals surface area contributed by atoms with E-state index in [0.29, 0.717) is 5.04 Å². The summed E-state index contributed by atoms with van der Waals surface area (Å²) in [4.78, 5) is 0. The van der Waals surface area contributed by atoms with E-state index in [4.69, 9.17) is 5.41 Å². The van der Waals surface area contributed by atoms with Crippen LogP contribution in [-0.2, 0) is 5.41 Å². The second kappa shape index (κ2) is 4.40. The first-order valence-electron chi connectivity index (χ1n) is 5.10. The lowest BCUT2D eigenvalue weighted by Crippen LogP contribution is -2.12. The maximum Gasteiger partial charge on any atom is 0.0942 e. The SMILES string of the molecule is CSC(=N)c1ccc(C(C)(C)C)cc1C. The van der Waals surface area contributed by atoms with Crippen molar-refractivity contribution in [3.8, 4) is 0 Å². The summed E-state index contributed by atoms with van der Waals surface area (Å²) in [7, 11) is 0. The van der Waals surface area contributed by atoms with Gasteiger partial charge in [0.25, 0.3) is 0 Å². The summed E-state index contributed by atoms with van der Waals surface area (Å²) in [5.74, 6) is 0. The van der Waals surface area contributed by atoms with E-state index in [1.54, 1.807) is 0 Å². The molecule has 15 heavy (non-hydrogen) atoms. The van der Waals surface area contributed by atoms with Crippen molar-refractivity contribution >= 4 is 16.8 Å². The Morgan fingerprint density at radius 1 is 1.27 bits per heavy atom. The molecule has 0 atom stereocenters. The van der Waals surface area contributed by atoms with E-state index in [1.165, 1.54) is 22.9 Å². The van der Waals surface area contributed by atoms with E-state index in [0.717, 1.165) is 5.56 Å². The van der Waals surface area contributed by atoms with Crippen LogP contribution in [0.3, 0.4) is 0 Å². The van der Waals surface area contributed by atoms with Crippen molar-refractivity contribution in [2.45, 2.75) is 33.1 Å². The Kier molecular flexibility index (Phi) is 3.61. The number of rotatable bonds is 1. The molecule has 0 amide bonds. The van der Waals surface area contributed by atoms with Gasteiger partial charge in [-0.1, -0.05) is 39.0 Å². The molecule has 2 heteroatoms. The van der Waals surface area contributed by atoms with Gasteiger partial charge in [0.15, 0.2) is 0 Å². The van der Waals surface area contributed by atoms with Crippen molar-refractivity contribution in [1.82, 2.24) is 0 Å². The fourth-order valence-electron chi connectivity index (χ4n) is 1.49. The van der Waals surface area contributed by atoms with Gasteiger partial charge in [-0.25, -0.2) is 0 Å². The van der Waals surface area contributed by atoms with Gasteiger partial charge in [-0.3, -0.25) is 5.41 Å². The fourth-order valence-corrected chi connectivity index (χ4v) is 1.94. The van der Waals surface area contributed by atoms with Gasteiger partial charge in [0.1, 0.15) is 0 Å². The van der Waals surface area contributed by atoms with Gasteiger partial charge in [-0.15, -0.1) is 11.8 Å². The summed E-state index contributed by atoms with van der Waals surface area (Å²) in [6.07, 6.45) is 1.94. The van der Waals surface area contributed by atoms with Crippen LogP contribution in [0.4, 0.5) is 0 Å². The molecule has 0 saturated carbocycles. The van der Waals surface area contributed by atoms with Crippen LogP contribution in [-0.4, -0.2) is 11.3 Å². The van der Waals surface area contributed by atoms with Gasteiger partial charge in [0.05, 0.1) is 5.04 Å². The predicted octanol–water partition coefficient (Wildman–Crippen LogP) is 3.98. The zero-order valence-electron chi connectivity index (χ0n) is 10.1. The summed E-state index contributed by atoms with van der Waals surface area (Å²) in [5, 5.41) is 8.45. The Bertz CT molecular complexity index is 375. The van der Waals surface area contributed by atoms with Crippen molar-refractivity contribution in [2.75, 3.05) is 6.26 Å². The van der Waals surface area contributed by atoms with E-state index < -0.39 is 0 Å². The van der Waals surface area contributed by atoms with Gasteiger partial charge in [0.2, 0.25) is 0 Å². The molecule has 0 aliphatic carbocycles. The highest BCUT2D eigenvalue weighted by Gasteiger charge is 2.15. The minimum absolute atomic E-state index is 0.185. The molecule has 0 spiro atoms. The number of benzene rings is 1. The monoisotopic (exact) mass is 221 g/mol. The Morgan fingerprint density at radius 2 is 1.87 bits per heavy atom. The highest BCUT2D eigenvalue weighted by Crippen LogP contribution is 2.25. The predicted molar refractivity (Wildman–Crippen MR) is 70.2 cm³/mol. The summed E-state index contributed by atoms with van der Waals surface area (Å²) in [6, 6.07) is 6.39. The number of hydrogen-bond donors (Lipinski definition) is 1. The molecule has 0 radical (unpaired) electrons. The van der Waals surface area contributed by atoms with Crippen LogP contribution in [0.5, 0.6) is 0 Å². The normalized spacial score (nSPS) is 11.5. The van der Waals surface area contributed by atoms with Crippen molar-refractivity contribution in [2.24, 2.45) is 0 Å². The van der Waals surface area contributed by atoms with Crippen molar-refractivity contribution in [3.05, 3.63) is 34.9 Å². The first-order chi connectivity index (χ1) is 6.86. The van der Waals surface area contributed by atoms with Crippen LogP contribution in [0.15, 0.2) is 18.2 Å². The average Bonchev–Trinajstić information content (AvgIpc) is 2.15. The molecule has 1 nitrogen and oxygen atoms in total. The third-order valence-electron chi connectivity index (χ3n) is 2.54. The lowest BCUT2D eigenvalue weighted by molar-refractivity contribution is 0.589. The third-order valence-corrected chi connectivity index (χ3v) is 3.17. The van der Waals surface area contributed by atoms with Crippen LogP contribution in [0.1, 0.15) is 37.5 Å². The minimum Gasteiger partial charge on any atom is -0.293 e. The molecule has 1 N–H and O–H groups in total. The van der Waals surface area contributed by atoms with E-state index in [-0.39, 0.29) is 5.41 Å². The van der Waals surface area contributed by atoms with Crippen LogP contribution < -0.4 is 0 Å². The quantitative estimate of drug-likeness (QED) is 0.563. The molecule has 0 bridgehead atoms. The topological polar surface area (TPSA) is 23.9 Å². The molecule has 0 saturated heterocycles. The van der Waals surface area contributed by atoms with E-state index in [2.05, 4.69) is 45.9 Å². The Balaban J connectivity index is 3.15. The molecule has 0 aliphatic rings. The molecule has 0 fully saturated rings. The second-order valence-corrected chi connectivity index (χ2v) is 5.63. The zero-order chi connectivity index (χ0) is 11.6. The van der Waals surface area contributed by atoms with E-state index in [9.17, 15) is 0 Å². The van der Waals surface area contributed by atoms with Gasteiger partial charge in [-0.2, -0.15) is 0 Å². The number of thioether (sulfide) groups is 1. The third kappa shape index (κ3) is 2.85. The number of hydrogen-bond acceptors (Lipinski definition) is 2. The largest absolute Gasteiger partial charge is 0.293 e. The summed E-state index contributed by atoms with van der Waals surface area (Å²) in [5.41, 5.74) is 3.76. The van der Waals surface area contributed by atoms with Crippen molar-refractivity contribution in [1.29, 1.82) is 5.41 Å². The highest BCUT2D eigenvalue weighted by atomic mass is 32.2. The van der Waals surface area contributed by atoms with Crippen LogP contribution >= 0.6 is 11.8 Å². The molecule has 1 aromatic rings. The second-order valence-electron chi connectivity index (χ2n) is 4.81. The molecular weight excluding hydrogens is 202 g/mol. The highest BCUT2D eigenvalue weighted by molar-refractivity contribution is 8.13. The van der Waals surface area contributed by atoms with Crippen LogP contribution in [0, 0.1) is 12.3 Å². The number of aryl methyl sites for hydroxylation is 1. The average molecular weight is 221 g/mol. The Hall–Kier alpha value is -0.760. The van der Waals surface area contributed by atoms with Crippen LogP contribution in [0.25, 0.3) is 0 Å². The Labute approximate surface area is 96.8 Å². The summed E-state index contributed by atoms with van der Waals surface area (Å²) >= 11 is 1.49. The molecule has 0 aromatic heterocycles. The molecule has 1 rings (SSSR count). The first kappa shape index (κ1) is 12.3. The lowest BCUT2D eigenvalue weighted by Gasteiger charge is -2.20. The fraction of sp³-hybridized carbons (Fsp3) is 0.462. The first-order valence-corrected chi connectivity index (χ1v) is 6.33. The lowest BCUT2D eigenvalue weighted by atomic mass is 9.85. The van der Waals surface area contributed by atoms with E-state index >= 15 is 0 Å². The van der Waals surface area contributed by atoms with Crippen molar-refractivity contribution < 1.29 is 0 Å². The van der Waals surface area contributed by atoms with Gasteiger partial charge in [-0.05, 0) is 29.7 Å². The van der Waals surface area contributed by atoms with Gasteiger partial charge < -0.3 is 0 Å². The van der Waals surface area contributed by atoms with Gasteiger partial charge >= 0.3 is 0 Å². The Morgan fingerprint density at radius 3 is 2.27 bits per heavy atom. The van der Waals surface area contributed by atoms with Gasteiger partial charge in [0, 0.05) is 5.56 Å². The molecule has 0 heterocycles. The summed E-state index contributed by atoms with van der Waals surface area (Å²) < 4.78 is 0. The number of nitrogens with one attached hydrogen (secondary N) is 1. The molecule has 0 unspecified atom stereocenters. The van der Waals surface area contributed by atoms with Crippen molar-refractivity contribution in [3.63, 3.8) is 0 Å².